The Balaban J connectivity index is 3.21. The van der Waals surface area contributed by atoms with E-state index in [2.05, 4.69) is 17.8 Å². The molecule has 0 aliphatic heterocycles. The second-order valence-electron chi connectivity index (χ2n) is 2.03. The van der Waals surface area contributed by atoms with Crippen molar-refractivity contribution < 1.29 is 0 Å². The first kappa shape index (κ1) is 9.84. The molecule has 0 amide bonds. The Morgan fingerprint density at radius 2 is 2.20 bits per heavy atom. The van der Waals surface area contributed by atoms with Gasteiger partial charge in [0.15, 0.2) is 0 Å². The summed E-state index contributed by atoms with van der Waals surface area (Å²) in [4.78, 5) is 0. The topological polar surface area (TPSA) is 53.3 Å². The van der Waals surface area contributed by atoms with Crippen molar-refractivity contribution in [2.75, 3.05) is 26.7 Å². The first-order chi connectivity index (χ1) is 4.85. The van der Waals surface area contributed by atoms with Gasteiger partial charge in [-0.2, -0.15) is 5.12 Å². The number of hydrazine groups is 2. The van der Waals surface area contributed by atoms with E-state index in [9.17, 15) is 0 Å². The lowest BCUT2D eigenvalue weighted by atomic mass is 10.4. The average Bonchev–Trinajstić information content (AvgIpc) is 1.98. The van der Waals surface area contributed by atoms with Crippen molar-refractivity contribution in [3.8, 4) is 0 Å². The van der Waals surface area contributed by atoms with Crippen LogP contribution in [-0.4, -0.2) is 31.8 Å². The van der Waals surface area contributed by atoms with E-state index in [0.717, 1.165) is 26.1 Å². The molecule has 0 aromatic heterocycles. The van der Waals surface area contributed by atoms with Crippen LogP contribution in [0.1, 0.15) is 13.3 Å². The van der Waals surface area contributed by atoms with Crippen LogP contribution in [0.2, 0.25) is 0 Å². The highest BCUT2D eigenvalue weighted by molar-refractivity contribution is 4.44. The molecular formula is C6H18N4. The lowest BCUT2D eigenvalue weighted by Gasteiger charge is -2.20. The van der Waals surface area contributed by atoms with E-state index in [1.807, 2.05) is 12.2 Å². The van der Waals surface area contributed by atoms with Gasteiger partial charge in [-0.3, -0.25) is 0 Å². The van der Waals surface area contributed by atoms with Gasteiger partial charge in [0.05, 0.1) is 0 Å². The summed E-state index contributed by atoms with van der Waals surface area (Å²) >= 11 is 0. The number of nitrogens with one attached hydrogen (secondary N) is 2. The van der Waals surface area contributed by atoms with Crippen LogP contribution in [-0.2, 0) is 0 Å². The van der Waals surface area contributed by atoms with E-state index in [1.165, 1.54) is 0 Å². The van der Waals surface area contributed by atoms with E-state index < -0.39 is 0 Å². The summed E-state index contributed by atoms with van der Waals surface area (Å²) in [6.45, 7) is 4.68. The summed E-state index contributed by atoms with van der Waals surface area (Å²) in [5.41, 5.74) is 11.5. The maximum Gasteiger partial charge on any atom is 0.0300 e. The third-order valence-corrected chi connectivity index (χ3v) is 1.20. The summed E-state index contributed by atoms with van der Waals surface area (Å²) in [5, 5.41) is 1.94. The number of hydrogen-bond donors (Lipinski definition) is 3. The minimum absolute atomic E-state index is 0.740. The number of nitrogens with zero attached hydrogens (tertiary/aromatic N) is 1. The largest absolute Gasteiger partial charge is 0.330 e. The maximum absolute atomic E-state index is 5.35. The number of nitrogens with two attached hydrogens (primary N) is 1. The number of rotatable bonds is 6. The molecule has 0 saturated heterocycles. The van der Waals surface area contributed by atoms with E-state index in [4.69, 9.17) is 5.73 Å². The molecule has 0 fully saturated rings. The van der Waals surface area contributed by atoms with Gasteiger partial charge in [-0.15, -0.1) is 0 Å². The SMILES string of the molecule is CCNN(CCCN)NC. The molecule has 4 N–H and O–H groups in total. The van der Waals surface area contributed by atoms with Crippen LogP contribution in [0, 0.1) is 0 Å². The summed E-state index contributed by atoms with van der Waals surface area (Å²) < 4.78 is 0. The normalized spacial score (nSPS) is 10.8. The van der Waals surface area contributed by atoms with Crippen molar-refractivity contribution in [3.05, 3.63) is 0 Å². The first-order valence-electron chi connectivity index (χ1n) is 3.73. The van der Waals surface area contributed by atoms with Crippen molar-refractivity contribution in [2.24, 2.45) is 5.73 Å². The van der Waals surface area contributed by atoms with Gasteiger partial charge in [0, 0.05) is 20.1 Å². The van der Waals surface area contributed by atoms with Gasteiger partial charge in [-0.1, -0.05) is 6.92 Å². The highest BCUT2D eigenvalue weighted by Crippen LogP contribution is 1.78. The van der Waals surface area contributed by atoms with Crippen LogP contribution in [0.4, 0.5) is 0 Å². The predicted molar refractivity (Wildman–Crippen MR) is 43.1 cm³/mol. The molecule has 0 aliphatic carbocycles. The highest BCUT2D eigenvalue weighted by atomic mass is 15.7. The Morgan fingerprint density at radius 3 is 2.60 bits per heavy atom. The van der Waals surface area contributed by atoms with E-state index in [0.29, 0.717) is 0 Å². The third kappa shape index (κ3) is 4.69. The first-order valence-corrected chi connectivity index (χ1v) is 3.73. The minimum atomic E-state index is 0.740. The Labute approximate surface area is 62.7 Å². The van der Waals surface area contributed by atoms with Crippen molar-refractivity contribution in [2.45, 2.75) is 13.3 Å². The van der Waals surface area contributed by atoms with Crippen LogP contribution in [0.15, 0.2) is 0 Å². The van der Waals surface area contributed by atoms with E-state index in [-0.39, 0.29) is 0 Å². The Kier molecular flexibility index (Phi) is 6.84. The van der Waals surface area contributed by atoms with Crippen LogP contribution in [0.5, 0.6) is 0 Å². The van der Waals surface area contributed by atoms with Gasteiger partial charge in [-0.05, 0) is 13.0 Å². The van der Waals surface area contributed by atoms with Gasteiger partial charge in [0.2, 0.25) is 0 Å². The summed E-state index contributed by atoms with van der Waals surface area (Å²) in [6.07, 6.45) is 1.01. The molecule has 0 heterocycles. The minimum Gasteiger partial charge on any atom is -0.330 e. The molecule has 0 spiro atoms. The predicted octanol–water partition coefficient (Wildman–Crippen LogP) is -0.704. The van der Waals surface area contributed by atoms with E-state index in [1.54, 1.807) is 0 Å². The highest BCUT2D eigenvalue weighted by Gasteiger charge is 1.95. The van der Waals surface area contributed by atoms with Gasteiger partial charge in [0.25, 0.3) is 0 Å². The van der Waals surface area contributed by atoms with Crippen LogP contribution >= 0.6 is 0 Å². The van der Waals surface area contributed by atoms with Crippen molar-refractivity contribution in [1.29, 1.82) is 0 Å². The zero-order valence-electron chi connectivity index (χ0n) is 6.85. The molecule has 0 aromatic rings. The quantitative estimate of drug-likeness (QED) is 0.434. The van der Waals surface area contributed by atoms with Crippen LogP contribution < -0.4 is 16.6 Å². The molecule has 4 heteroatoms. The molecule has 62 valence electrons. The summed E-state index contributed by atoms with van der Waals surface area (Å²) in [5.74, 6) is 0. The van der Waals surface area contributed by atoms with Crippen LogP contribution in [0.3, 0.4) is 0 Å². The summed E-state index contributed by atoms with van der Waals surface area (Å²) in [7, 11) is 1.89. The van der Waals surface area contributed by atoms with Gasteiger partial charge in [0.1, 0.15) is 0 Å². The Bertz CT molecular complexity index is 66.8. The molecular weight excluding hydrogens is 128 g/mol. The second kappa shape index (κ2) is 6.95. The maximum atomic E-state index is 5.35. The van der Waals surface area contributed by atoms with E-state index >= 15 is 0 Å². The second-order valence-corrected chi connectivity index (χ2v) is 2.03. The van der Waals surface area contributed by atoms with Crippen LogP contribution in [0.25, 0.3) is 0 Å². The fourth-order valence-electron chi connectivity index (χ4n) is 0.710. The third-order valence-electron chi connectivity index (χ3n) is 1.20. The molecule has 0 aliphatic rings. The molecule has 0 radical (unpaired) electrons. The Hall–Kier alpha value is -0.160. The zero-order chi connectivity index (χ0) is 7.82. The molecule has 0 saturated carbocycles. The molecule has 0 rings (SSSR count). The van der Waals surface area contributed by atoms with Gasteiger partial charge >= 0.3 is 0 Å². The Morgan fingerprint density at radius 1 is 1.50 bits per heavy atom. The molecule has 0 aromatic carbocycles. The fourth-order valence-corrected chi connectivity index (χ4v) is 0.710. The standard InChI is InChI=1S/C6H18N4/c1-3-9-10(8-2)6-4-5-7/h8-9H,3-7H2,1-2H3. The molecule has 4 nitrogen and oxygen atoms in total. The molecule has 0 bridgehead atoms. The van der Waals surface area contributed by atoms with Gasteiger partial charge in [-0.25, -0.2) is 10.9 Å². The monoisotopic (exact) mass is 146 g/mol. The molecule has 0 unspecified atom stereocenters. The van der Waals surface area contributed by atoms with Gasteiger partial charge < -0.3 is 5.73 Å². The van der Waals surface area contributed by atoms with Crippen molar-refractivity contribution in [3.63, 3.8) is 0 Å². The van der Waals surface area contributed by atoms with Crippen molar-refractivity contribution >= 4 is 0 Å². The fraction of sp³-hybridized carbons (Fsp3) is 1.00. The lowest BCUT2D eigenvalue weighted by Crippen LogP contribution is -2.46. The smallest absolute Gasteiger partial charge is 0.0300 e. The molecule has 0 atom stereocenters. The zero-order valence-corrected chi connectivity index (χ0v) is 6.85. The number of hydrogen-bond acceptors (Lipinski definition) is 4. The lowest BCUT2D eigenvalue weighted by molar-refractivity contribution is 0.132. The average molecular weight is 146 g/mol. The van der Waals surface area contributed by atoms with Crippen molar-refractivity contribution in [1.82, 2.24) is 16.0 Å². The molecule has 10 heavy (non-hydrogen) atoms. The summed E-state index contributed by atoms with van der Waals surface area (Å²) in [6, 6.07) is 0.